The van der Waals surface area contributed by atoms with Crippen LogP contribution in [-0.4, -0.2) is 49.3 Å². The summed E-state index contributed by atoms with van der Waals surface area (Å²) in [5.74, 6) is 0. The Morgan fingerprint density at radius 1 is 1.61 bits per heavy atom. The zero-order valence-electron chi connectivity index (χ0n) is 11.3. The van der Waals surface area contributed by atoms with Gasteiger partial charge in [-0.1, -0.05) is 6.92 Å². The summed E-state index contributed by atoms with van der Waals surface area (Å²) in [6, 6.07) is 0. The molecular formula is C13H23N3OS. The second-order valence-corrected chi connectivity index (χ2v) is 5.82. The second-order valence-electron chi connectivity index (χ2n) is 4.88. The molecule has 0 saturated carbocycles. The molecular weight excluding hydrogens is 246 g/mol. The molecule has 1 aromatic heterocycles. The summed E-state index contributed by atoms with van der Waals surface area (Å²) in [6.45, 7) is 6.85. The fourth-order valence-electron chi connectivity index (χ4n) is 2.18. The highest BCUT2D eigenvalue weighted by Crippen LogP contribution is 2.13. The standard InChI is InChI=1S/C13H23N3OS/c1-3-4-13-15-11(10-18-13)8-16(2)9-12-7-14-5-6-17-12/h10,12,14H,3-9H2,1-2H3. The third-order valence-electron chi connectivity index (χ3n) is 3.01. The van der Waals surface area contributed by atoms with Crippen molar-refractivity contribution in [2.75, 3.05) is 33.3 Å². The Morgan fingerprint density at radius 2 is 2.50 bits per heavy atom. The number of nitrogens with one attached hydrogen (secondary N) is 1. The summed E-state index contributed by atoms with van der Waals surface area (Å²) in [6.07, 6.45) is 2.59. The maximum atomic E-state index is 5.71. The number of ether oxygens (including phenoxy) is 1. The van der Waals surface area contributed by atoms with Gasteiger partial charge in [-0.05, 0) is 19.9 Å². The number of aryl methyl sites for hydroxylation is 1. The smallest absolute Gasteiger partial charge is 0.0928 e. The van der Waals surface area contributed by atoms with Crippen molar-refractivity contribution in [2.45, 2.75) is 32.4 Å². The van der Waals surface area contributed by atoms with Crippen LogP contribution in [0.1, 0.15) is 24.0 Å². The average Bonchev–Trinajstić information content (AvgIpc) is 2.78. The Bertz CT molecular complexity index is 350. The van der Waals surface area contributed by atoms with Crippen molar-refractivity contribution in [1.29, 1.82) is 0 Å². The van der Waals surface area contributed by atoms with Gasteiger partial charge >= 0.3 is 0 Å². The van der Waals surface area contributed by atoms with E-state index in [1.54, 1.807) is 11.3 Å². The van der Waals surface area contributed by atoms with Crippen LogP contribution >= 0.6 is 11.3 Å². The molecule has 0 bridgehead atoms. The van der Waals surface area contributed by atoms with E-state index in [4.69, 9.17) is 4.74 Å². The van der Waals surface area contributed by atoms with E-state index in [1.807, 2.05) is 0 Å². The second kappa shape index (κ2) is 7.19. The van der Waals surface area contributed by atoms with Crippen molar-refractivity contribution in [3.8, 4) is 0 Å². The average molecular weight is 269 g/mol. The van der Waals surface area contributed by atoms with Gasteiger partial charge in [0.15, 0.2) is 0 Å². The minimum Gasteiger partial charge on any atom is -0.374 e. The molecule has 0 radical (unpaired) electrons. The van der Waals surface area contributed by atoms with Gasteiger partial charge in [0, 0.05) is 31.6 Å². The van der Waals surface area contributed by atoms with E-state index < -0.39 is 0 Å². The van der Waals surface area contributed by atoms with Crippen molar-refractivity contribution in [3.05, 3.63) is 16.1 Å². The molecule has 4 nitrogen and oxygen atoms in total. The predicted molar refractivity (Wildman–Crippen MR) is 75.1 cm³/mol. The van der Waals surface area contributed by atoms with Crippen LogP contribution in [0.5, 0.6) is 0 Å². The molecule has 0 amide bonds. The lowest BCUT2D eigenvalue weighted by atomic mass is 10.3. The molecule has 1 aliphatic rings. The number of thiazole rings is 1. The van der Waals surface area contributed by atoms with E-state index in [1.165, 1.54) is 17.1 Å². The summed E-state index contributed by atoms with van der Waals surface area (Å²) < 4.78 is 5.71. The van der Waals surface area contributed by atoms with Gasteiger partial charge < -0.3 is 10.1 Å². The molecule has 0 aliphatic carbocycles. The molecule has 2 heterocycles. The first kappa shape index (κ1) is 13.9. The summed E-state index contributed by atoms with van der Waals surface area (Å²) >= 11 is 1.78. The van der Waals surface area contributed by atoms with Crippen molar-refractivity contribution in [3.63, 3.8) is 0 Å². The van der Waals surface area contributed by atoms with Gasteiger partial charge in [0.2, 0.25) is 0 Å². The van der Waals surface area contributed by atoms with Crippen LogP contribution in [0.4, 0.5) is 0 Å². The fourth-order valence-corrected chi connectivity index (χ4v) is 3.07. The lowest BCUT2D eigenvalue weighted by molar-refractivity contribution is 0.00870. The van der Waals surface area contributed by atoms with Gasteiger partial charge in [-0.15, -0.1) is 11.3 Å². The molecule has 0 spiro atoms. The molecule has 1 unspecified atom stereocenters. The van der Waals surface area contributed by atoms with Crippen LogP contribution in [0.2, 0.25) is 0 Å². The molecule has 1 atom stereocenters. The molecule has 5 heteroatoms. The first-order chi connectivity index (χ1) is 8.78. The van der Waals surface area contributed by atoms with E-state index in [0.29, 0.717) is 6.10 Å². The highest BCUT2D eigenvalue weighted by atomic mass is 32.1. The minimum atomic E-state index is 0.317. The summed E-state index contributed by atoms with van der Waals surface area (Å²) in [7, 11) is 2.14. The highest BCUT2D eigenvalue weighted by molar-refractivity contribution is 7.09. The highest BCUT2D eigenvalue weighted by Gasteiger charge is 2.16. The van der Waals surface area contributed by atoms with Gasteiger partial charge in [0.25, 0.3) is 0 Å². The topological polar surface area (TPSA) is 37.4 Å². The number of aromatic nitrogens is 1. The lowest BCUT2D eigenvalue weighted by Gasteiger charge is -2.27. The number of hydrogen-bond acceptors (Lipinski definition) is 5. The van der Waals surface area contributed by atoms with Crippen LogP contribution in [0, 0.1) is 0 Å². The minimum absolute atomic E-state index is 0.317. The Morgan fingerprint density at radius 3 is 3.22 bits per heavy atom. The van der Waals surface area contributed by atoms with E-state index >= 15 is 0 Å². The van der Waals surface area contributed by atoms with Gasteiger partial charge in [0.05, 0.1) is 23.4 Å². The number of rotatable bonds is 6. The van der Waals surface area contributed by atoms with E-state index in [-0.39, 0.29) is 0 Å². The number of likely N-dealkylation sites (N-methyl/N-ethyl adjacent to an activating group) is 1. The summed E-state index contributed by atoms with van der Waals surface area (Å²) in [4.78, 5) is 6.95. The zero-order valence-corrected chi connectivity index (χ0v) is 12.1. The summed E-state index contributed by atoms with van der Waals surface area (Å²) in [5.41, 5.74) is 1.19. The van der Waals surface area contributed by atoms with Crippen LogP contribution in [-0.2, 0) is 17.7 Å². The molecule has 1 aromatic rings. The molecule has 1 aliphatic heterocycles. The Labute approximate surface area is 113 Å². The quantitative estimate of drug-likeness (QED) is 0.849. The van der Waals surface area contributed by atoms with Crippen LogP contribution < -0.4 is 5.32 Å². The normalized spacial score (nSPS) is 20.5. The van der Waals surface area contributed by atoms with Crippen LogP contribution in [0.25, 0.3) is 0 Å². The first-order valence-corrected chi connectivity index (χ1v) is 7.60. The van der Waals surface area contributed by atoms with Crippen molar-refractivity contribution in [1.82, 2.24) is 15.2 Å². The molecule has 1 N–H and O–H groups in total. The van der Waals surface area contributed by atoms with Crippen molar-refractivity contribution in [2.24, 2.45) is 0 Å². The monoisotopic (exact) mass is 269 g/mol. The maximum absolute atomic E-state index is 5.71. The van der Waals surface area contributed by atoms with Crippen molar-refractivity contribution < 1.29 is 4.74 Å². The predicted octanol–water partition coefficient (Wildman–Crippen LogP) is 1.52. The van der Waals surface area contributed by atoms with E-state index in [2.05, 4.69) is 34.6 Å². The van der Waals surface area contributed by atoms with Gasteiger partial charge in [-0.25, -0.2) is 4.98 Å². The third kappa shape index (κ3) is 4.31. The van der Waals surface area contributed by atoms with Crippen molar-refractivity contribution >= 4 is 11.3 Å². The Balaban J connectivity index is 1.76. The molecule has 102 valence electrons. The number of nitrogens with zero attached hydrogens (tertiary/aromatic N) is 2. The molecule has 18 heavy (non-hydrogen) atoms. The SMILES string of the molecule is CCCc1nc(CN(C)CC2CNCCO2)cs1. The Hall–Kier alpha value is -0.490. The lowest BCUT2D eigenvalue weighted by Crippen LogP contribution is -2.44. The van der Waals surface area contributed by atoms with Gasteiger partial charge in [-0.3, -0.25) is 4.90 Å². The molecule has 2 rings (SSSR count). The first-order valence-electron chi connectivity index (χ1n) is 6.72. The number of hydrogen-bond donors (Lipinski definition) is 1. The molecule has 0 aromatic carbocycles. The van der Waals surface area contributed by atoms with Gasteiger partial charge in [0.1, 0.15) is 0 Å². The van der Waals surface area contributed by atoms with E-state index in [9.17, 15) is 0 Å². The maximum Gasteiger partial charge on any atom is 0.0928 e. The zero-order chi connectivity index (χ0) is 12.8. The molecule has 1 fully saturated rings. The summed E-state index contributed by atoms with van der Waals surface area (Å²) in [5, 5.41) is 6.80. The van der Waals surface area contributed by atoms with E-state index in [0.717, 1.165) is 39.2 Å². The number of morpholine rings is 1. The largest absolute Gasteiger partial charge is 0.374 e. The van der Waals surface area contributed by atoms with Gasteiger partial charge in [-0.2, -0.15) is 0 Å². The Kier molecular flexibility index (Phi) is 5.56. The van der Waals surface area contributed by atoms with Crippen LogP contribution in [0.3, 0.4) is 0 Å². The fraction of sp³-hybridized carbons (Fsp3) is 0.769. The van der Waals surface area contributed by atoms with Crippen LogP contribution in [0.15, 0.2) is 5.38 Å². The molecule has 1 saturated heterocycles. The third-order valence-corrected chi connectivity index (χ3v) is 3.97.